The number of rotatable bonds is 6. The van der Waals surface area contributed by atoms with Gasteiger partial charge in [0.1, 0.15) is 23.6 Å². The van der Waals surface area contributed by atoms with E-state index in [-0.39, 0.29) is 18.9 Å². The lowest BCUT2D eigenvalue weighted by Crippen LogP contribution is -2.33. The van der Waals surface area contributed by atoms with Gasteiger partial charge in [0, 0.05) is 13.0 Å². The van der Waals surface area contributed by atoms with Gasteiger partial charge in [-0.25, -0.2) is 9.78 Å². The van der Waals surface area contributed by atoms with E-state index < -0.39 is 18.1 Å². The van der Waals surface area contributed by atoms with Gasteiger partial charge in [0.25, 0.3) is 0 Å². The zero-order valence-electron chi connectivity index (χ0n) is 16.2. The number of imidazole rings is 1. The minimum atomic E-state index is -1.07. The lowest BCUT2D eigenvalue weighted by molar-refractivity contribution is -0.137. The van der Waals surface area contributed by atoms with Crippen molar-refractivity contribution in [1.82, 2.24) is 14.9 Å². The molecular formula is C22H20ClN3O4. The number of halogens is 1. The molecule has 0 bridgehead atoms. The maximum Gasteiger partial charge on any atom is 0.407 e. The molecular weight excluding hydrogens is 406 g/mol. The second kappa shape index (κ2) is 8.20. The number of aliphatic carboxylic acids is 1. The van der Waals surface area contributed by atoms with Crippen molar-refractivity contribution in [3.8, 4) is 11.1 Å². The molecule has 1 aliphatic rings. The van der Waals surface area contributed by atoms with E-state index in [4.69, 9.17) is 16.3 Å². The molecule has 30 heavy (non-hydrogen) atoms. The highest BCUT2D eigenvalue weighted by atomic mass is 35.5. The number of carboxylic acids is 1. The van der Waals surface area contributed by atoms with E-state index in [1.165, 1.54) is 10.8 Å². The maximum atomic E-state index is 12.5. The van der Waals surface area contributed by atoms with Crippen molar-refractivity contribution in [3.05, 3.63) is 76.8 Å². The number of hydrogen-bond donors (Lipinski definition) is 2. The van der Waals surface area contributed by atoms with E-state index in [1.807, 2.05) is 36.4 Å². The van der Waals surface area contributed by atoms with Crippen LogP contribution in [0.4, 0.5) is 4.79 Å². The third-order valence-corrected chi connectivity index (χ3v) is 5.64. The maximum absolute atomic E-state index is 12.5. The Balaban J connectivity index is 1.49. The van der Waals surface area contributed by atoms with Gasteiger partial charge in [-0.15, -0.1) is 0 Å². The van der Waals surface area contributed by atoms with Crippen LogP contribution in [0.25, 0.3) is 11.1 Å². The Bertz CT molecular complexity index is 1070. The fourth-order valence-corrected chi connectivity index (χ4v) is 4.02. The van der Waals surface area contributed by atoms with Gasteiger partial charge < -0.3 is 19.7 Å². The Kier molecular flexibility index (Phi) is 5.46. The third-order valence-electron chi connectivity index (χ3n) is 5.29. The summed E-state index contributed by atoms with van der Waals surface area (Å²) in [4.78, 5) is 27.9. The van der Waals surface area contributed by atoms with Crippen molar-refractivity contribution in [2.45, 2.75) is 18.4 Å². The second-order valence-electron chi connectivity index (χ2n) is 7.12. The molecule has 3 aromatic rings. The van der Waals surface area contributed by atoms with Gasteiger partial charge in [-0.05, 0) is 22.3 Å². The molecule has 2 N–H and O–H groups in total. The summed E-state index contributed by atoms with van der Waals surface area (Å²) in [5.74, 6) is -0.808. The first-order valence-electron chi connectivity index (χ1n) is 9.46. The Labute approximate surface area is 178 Å². The van der Waals surface area contributed by atoms with E-state index >= 15 is 0 Å². The van der Waals surface area contributed by atoms with Gasteiger partial charge in [-0.2, -0.15) is 0 Å². The molecule has 0 spiro atoms. The van der Waals surface area contributed by atoms with Crippen molar-refractivity contribution in [2.75, 3.05) is 6.61 Å². The van der Waals surface area contributed by atoms with Crippen LogP contribution in [-0.4, -0.2) is 33.3 Å². The summed E-state index contributed by atoms with van der Waals surface area (Å²) in [6.45, 7) is 0.140. The summed E-state index contributed by atoms with van der Waals surface area (Å²) >= 11 is 6.00. The van der Waals surface area contributed by atoms with Gasteiger partial charge >= 0.3 is 12.1 Å². The minimum absolute atomic E-state index is 0.0799. The van der Waals surface area contributed by atoms with Crippen molar-refractivity contribution >= 4 is 23.7 Å². The summed E-state index contributed by atoms with van der Waals surface area (Å²) in [6, 6.07) is 15.2. The fraction of sp³-hybridized carbons (Fsp3) is 0.227. The second-order valence-corrected chi connectivity index (χ2v) is 7.51. The van der Waals surface area contributed by atoms with Crippen LogP contribution in [0.15, 0.2) is 54.7 Å². The molecule has 0 saturated heterocycles. The number of hydrogen-bond acceptors (Lipinski definition) is 4. The molecule has 0 radical (unpaired) electrons. The van der Waals surface area contributed by atoms with Crippen LogP contribution in [0.3, 0.4) is 0 Å². The first kappa shape index (κ1) is 20.0. The van der Waals surface area contributed by atoms with E-state index in [2.05, 4.69) is 22.4 Å². The molecule has 0 fully saturated rings. The van der Waals surface area contributed by atoms with Gasteiger partial charge in [-0.1, -0.05) is 60.1 Å². The van der Waals surface area contributed by atoms with E-state index in [9.17, 15) is 14.7 Å². The van der Waals surface area contributed by atoms with Crippen molar-refractivity contribution in [2.24, 2.45) is 7.05 Å². The summed E-state index contributed by atoms with van der Waals surface area (Å²) < 4.78 is 7.03. The van der Waals surface area contributed by atoms with Crippen LogP contribution < -0.4 is 5.32 Å². The van der Waals surface area contributed by atoms with E-state index in [1.54, 1.807) is 7.05 Å². The topological polar surface area (TPSA) is 93.5 Å². The molecule has 1 aliphatic carbocycles. The molecule has 1 amide bonds. The Morgan fingerprint density at radius 3 is 2.30 bits per heavy atom. The zero-order valence-corrected chi connectivity index (χ0v) is 17.0. The molecule has 1 aromatic heterocycles. The largest absolute Gasteiger partial charge is 0.481 e. The number of amides is 1. The molecule has 8 heteroatoms. The molecule has 154 valence electrons. The number of ether oxygens (including phenoxy) is 1. The van der Waals surface area contributed by atoms with Gasteiger partial charge in [0.05, 0.1) is 12.6 Å². The first-order chi connectivity index (χ1) is 14.5. The monoisotopic (exact) mass is 425 g/mol. The van der Waals surface area contributed by atoms with Crippen molar-refractivity contribution in [3.63, 3.8) is 0 Å². The van der Waals surface area contributed by atoms with Gasteiger partial charge in [0.15, 0.2) is 0 Å². The van der Waals surface area contributed by atoms with Crippen LogP contribution in [0, 0.1) is 0 Å². The highest BCUT2D eigenvalue weighted by Crippen LogP contribution is 2.44. The quantitative estimate of drug-likeness (QED) is 0.619. The number of nitrogens with zero attached hydrogens (tertiary/aromatic N) is 2. The number of aromatic nitrogens is 2. The summed E-state index contributed by atoms with van der Waals surface area (Å²) in [7, 11) is 1.65. The highest BCUT2D eigenvalue weighted by molar-refractivity contribution is 6.29. The SMILES string of the molecule is Cn1c(Cl)cnc1C(CC(=O)O)NC(=O)OCC1c2ccccc2-c2ccccc21. The van der Waals surface area contributed by atoms with Crippen LogP contribution >= 0.6 is 11.6 Å². The molecule has 1 unspecified atom stereocenters. The van der Waals surface area contributed by atoms with Crippen molar-refractivity contribution < 1.29 is 19.4 Å². The number of nitrogens with one attached hydrogen (secondary N) is 1. The molecule has 4 rings (SSSR count). The molecule has 1 atom stereocenters. The predicted molar refractivity (Wildman–Crippen MR) is 111 cm³/mol. The van der Waals surface area contributed by atoms with Gasteiger partial charge in [-0.3, -0.25) is 4.79 Å². The molecule has 2 aromatic carbocycles. The number of fused-ring (bicyclic) bond motifs is 3. The Morgan fingerprint density at radius 1 is 1.17 bits per heavy atom. The number of carbonyl (C=O) groups excluding carboxylic acids is 1. The van der Waals surface area contributed by atoms with Crippen molar-refractivity contribution in [1.29, 1.82) is 0 Å². The zero-order chi connectivity index (χ0) is 21.3. The van der Waals surface area contributed by atoms with Crippen LogP contribution in [0.2, 0.25) is 5.15 Å². The minimum Gasteiger partial charge on any atom is -0.481 e. The van der Waals surface area contributed by atoms with Crippen LogP contribution in [0.5, 0.6) is 0 Å². The third kappa shape index (κ3) is 3.76. The molecule has 1 heterocycles. The van der Waals surface area contributed by atoms with Crippen LogP contribution in [0.1, 0.15) is 35.3 Å². The predicted octanol–water partition coefficient (Wildman–Crippen LogP) is 4.13. The number of carbonyl (C=O) groups is 2. The molecule has 7 nitrogen and oxygen atoms in total. The normalized spacial score (nSPS) is 13.4. The highest BCUT2D eigenvalue weighted by Gasteiger charge is 2.30. The standard InChI is InChI=1S/C22H20ClN3O4/c1-26-19(23)11-24-21(26)18(10-20(27)28)25-22(29)30-12-17-15-8-4-2-6-13(15)14-7-3-5-9-16(14)17/h2-9,11,17-18H,10,12H2,1H3,(H,25,29)(H,27,28). The van der Waals surface area contributed by atoms with E-state index in [0.29, 0.717) is 11.0 Å². The summed E-state index contributed by atoms with van der Waals surface area (Å²) in [5, 5.41) is 12.2. The first-order valence-corrected chi connectivity index (χ1v) is 9.84. The number of benzene rings is 2. The summed E-state index contributed by atoms with van der Waals surface area (Å²) in [5.41, 5.74) is 4.47. The average Bonchev–Trinajstić information content (AvgIpc) is 3.23. The van der Waals surface area contributed by atoms with E-state index in [0.717, 1.165) is 22.3 Å². The van der Waals surface area contributed by atoms with Gasteiger partial charge in [0.2, 0.25) is 0 Å². The van der Waals surface area contributed by atoms with Crippen LogP contribution in [-0.2, 0) is 16.6 Å². The number of alkyl carbamates (subject to hydrolysis) is 1. The molecule has 0 saturated carbocycles. The number of carboxylic acid groups (broad SMARTS) is 1. The average molecular weight is 426 g/mol. The lowest BCUT2D eigenvalue weighted by atomic mass is 9.98. The molecule has 0 aliphatic heterocycles. The smallest absolute Gasteiger partial charge is 0.407 e. The lowest BCUT2D eigenvalue weighted by Gasteiger charge is -2.19. The summed E-state index contributed by atoms with van der Waals surface area (Å²) in [6.07, 6.45) is 0.360. The fourth-order valence-electron chi connectivity index (χ4n) is 3.89. The Hall–Kier alpha value is -3.32. The Morgan fingerprint density at radius 2 is 1.77 bits per heavy atom.